The molecule has 4 nitrogen and oxygen atoms in total. The summed E-state index contributed by atoms with van der Waals surface area (Å²) >= 11 is 0. The van der Waals surface area contributed by atoms with Gasteiger partial charge in [-0.05, 0) is 68.9 Å². The van der Waals surface area contributed by atoms with Gasteiger partial charge < -0.3 is 9.15 Å². The summed E-state index contributed by atoms with van der Waals surface area (Å²) in [4.78, 5) is 25.5. The number of ether oxygens (including phenoxy) is 1. The number of fused-ring (bicyclic) bond motifs is 5. The van der Waals surface area contributed by atoms with Gasteiger partial charge in [0.15, 0.2) is 5.78 Å². The van der Waals surface area contributed by atoms with E-state index in [0.717, 1.165) is 30.6 Å². The minimum absolute atomic E-state index is 0.0949. The second-order valence-electron chi connectivity index (χ2n) is 11.5. The van der Waals surface area contributed by atoms with E-state index in [1.807, 2.05) is 19.9 Å². The standard InChI is InChI=1S/C27H34O4/c1-15-8-9-20-25(6)12-11-21(28)24(4,5)19(25)10-13-26(20,7)27(15)14-18-22(31-27)16(2)17(3)30-23(18)29/h8,11-12,19-20H,9-10,13-14H2,1-7H3/t19-,20+,25-,26+,27-/m1/s1. The van der Waals surface area contributed by atoms with Gasteiger partial charge in [0.1, 0.15) is 17.1 Å². The Morgan fingerprint density at radius 2 is 1.74 bits per heavy atom. The molecule has 0 amide bonds. The fourth-order valence-corrected chi connectivity index (χ4v) is 7.82. The molecule has 1 aromatic rings. The predicted molar refractivity (Wildman–Crippen MR) is 120 cm³/mol. The van der Waals surface area contributed by atoms with E-state index in [1.165, 1.54) is 5.57 Å². The summed E-state index contributed by atoms with van der Waals surface area (Å²) in [5, 5.41) is 0. The van der Waals surface area contributed by atoms with Crippen LogP contribution in [0.1, 0.15) is 70.8 Å². The second-order valence-corrected chi connectivity index (χ2v) is 11.5. The smallest absolute Gasteiger partial charge is 0.343 e. The van der Waals surface area contributed by atoms with Crippen LogP contribution in [0.15, 0.2) is 33.0 Å². The zero-order chi connectivity index (χ0) is 22.6. The highest BCUT2D eigenvalue weighted by Crippen LogP contribution is 2.69. The minimum atomic E-state index is -0.543. The van der Waals surface area contributed by atoms with Crippen molar-refractivity contribution < 1.29 is 13.9 Å². The molecule has 1 aliphatic heterocycles. The number of allylic oxidation sites excluding steroid dienone is 3. The Morgan fingerprint density at radius 3 is 2.45 bits per heavy atom. The molecule has 1 saturated carbocycles. The molecule has 0 saturated heterocycles. The summed E-state index contributed by atoms with van der Waals surface area (Å²) in [6, 6.07) is 0. The summed E-state index contributed by atoms with van der Waals surface area (Å²) < 4.78 is 12.4. The molecule has 0 N–H and O–H groups in total. The average molecular weight is 423 g/mol. The molecular formula is C27H34O4. The van der Waals surface area contributed by atoms with E-state index in [4.69, 9.17) is 9.15 Å². The molecule has 5 rings (SSSR count). The Balaban J connectivity index is 1.68. The van der Waals surface area contributed by atoms with Crippen molar-refractivity contribution in [3.63, 3.8) is 0 Å². The van der Waals surface area contributed by atoms with Gasteiger partial charge in [-0.1, -0.05) is 39.8 Å². The first-order valence-electron chi connectivity index (χ1n) is 11.6. The van der Waals surface area contributed by atoms with Gasteiger partial charge >= 0.3 is 5.63 Å². The van der Waals surface area contributed by atoms with Crippen LogP contribution in [0, 0.1) is 41.9 Å². The van der Waals surface area contributed by atoms with Gasteiger partial charge in [-0.2, -0.15) is 0 Å². The maximum absolute atomic E-state index is 12.8. The Hall–Kier alpha value is -2.10. The summed E-state index contributed by atoms with van der Waals surface area (Å²) in [6.45, 7) is 14.9. The first kappa shape index (κ1) is 20.8. The Labute approximate surface area is 184 Å². The normalized spacial score (nSPS) is 40.1. The third-order valence-electron chi connectivity index (χ3n) is 9.88. The van der Waals surface area contributed by atoms with E-state index in [-0.39, 0.29) is 27.7 Å². The molecule has 31 heavy (non-hydrogen) atoms. The van der Waals surface area contributed by atoms with Gasteiger partial charge in [0.25, 0.3) is 0 Å². The van der Waals surface area contributed by atoms with E-state index in [2.05, 4.69) is 46.8 Å². The van der Waals surface area contributed by atoms with Crippen LogP contribution in [0.25, 0.3) is 0 Å². The summed E-state index contributed by atoms with van der Waals surface area (Å²) in [5.74, 6) is 2.23. The topological polar surface area (TPSA) is 56.5 Å². The number of rotatable bonds is 0. The maximum atomic E-state index is 12.8. The molecule has 2 heterocycles. The van der Waals surface area contributed by atoms with E-state index in [0.29, 0.717) is 29.6 Å². The molecule has 0 unspecified atom stereocenters. The van der Waals surface area contributed by atoms with Gasteiger partial charge in [-0.25, -0.2) is 4.79 Å². The molecule has 4 aliphatic rings. The van der Waals surface area contributed by atoms with Crippen LogP contribution < -0.4 is 10.4 Å². The molecule has 0 radical (unpaired) electrons. The maximum Gasteiger partial charge on any atom is 0.343 e. The minimum Gasteiger partial charge on any atom is -0.481 e. The van der Waals surface area contributed by atoms with Crippen molar-refractivity contribution in [1.29, 1.82) is 0 Å². The number of carbonyl (C=O) groups is 1. The number of hydrogen-bond acceptors (Lipinski definition) is 4. The fourth-order valence-electron chi connectivity index (χ4n) is 7.82. The lowest BCUT2D eigenvalue weighted by atomic mass is 9.40. The largest absolute Gasteiger partial charge is 0.481 e. The third kappa shape index (κ3) is 2.32. The van der Waals surface area contributed by atoms with Gasteiger partial charge in [0.2, 0.25) is 0 Å². The number of ketones is 1. The van der Waals surface area contributed by atoms with Crippen molar-refractivity contribution in [1.82, 2.24) is 0 Å². The van der Waals surface area contributed by atoms with Gasteiger partial charge in [-0.15, -0.1) is 0 Å². The lowest BCUT2D eigenvalue weighted by molar-refractivity contribution is -0.160. The van der Waals surface area contributed by atoms with Gasteiger partial charge in [-0.3, -0.25) is 4.79 Å². The zero-order valence-electron chi connectivity index (χ0n) is 19.8. The SMILES string of the molecule is CC1=CC[C@H]2[C@]3(C)C=CC(=O)C(C)(C)[C@H]3CC[C@]2(C)[C@@]12Cc1c(c(C)c(C)oc1=O)O2. The van der Waals surface area contributed by atoms with Crippen LogP contribution in [0.3, 0.4) is 0 Å². The molecule has 4 heteroatoms. The van der Waals surface area contributed by atoms with Crippen molar-refractivity contribution in [2.75, 3.05) is 0 Å². The molecule has 3 aliphatic carbocycles. The fraction of sp³-hybridized carbons (Fsp3) is 0.630. The summed E-state index contributed by atoms with van der Waals surface area (Å²) in [6.07, 6.45) is 9.84. The van der Waals surface area contributed by atoms with Crippen LogP contribution in [0.5, 0.6) is 5.75 Å². The van der Waals surface area contributed by atoms with Crippen molar-refractivity contribution in [2.45, 2.75) is 79.8 Å². The monoisotopic (exact) mass is 422 g/mol. The van der Waals surface area contributed by atoms with Crippen molar-refractivity contribution in [3.8, 4) is 5.75 Å². The third-order valence-corrected chi connectivity index (χ3v) is 9.88. The summed E-state index contributed by atoms with van der Waals surface area (Å²) in [7, 11) is 0. The average Bonchev–Trinajstić information content (AvgIpc) is 3.11. The van der Waals surface area contributed by atoms with Gasteiger partial charge in [0, 0.05) is 22.8 Å². The molecular weight excluding hydrogens is 388 g/mol. The Bertz CT molecular complexity index is 1120. The van der Waals surface area contributed by atoms with Crippen LogP contribution in [-0.2, 0) is 11.2 Å². The summed E-state index contributed by atoms with van der Waals surface area (Å²) in [5.41, 5.74) is 1.41. The molecule has 1 aromatic heterocycles. The lowest BCUT2D eigenvalue weighted by Gasteiger charge is -2.65. The van der Waals surface area contributed by atoms with Crippen LogP contribution >= 0.6 is 0 Å². The van der Waals surface area contributed by atoms with Crippen LogP contribution in [0.2, 0.25) is 0 Å². The Kier molecular flexibility index (Phi) is 4.04. The van der Waals surface area contributed by atoms with Crippen molar-refractivity contribution in [2.24, 2.45) is 28.1 Å². The van der Waals surface area contributed by atoms with E-state index in [1.54, 1.807) is 0 Å². The molecule has 0 bridgehead atoms. The highest BCUT2D eigenvalue weighted by atomic mass is 16.5. The molecule has 1 fully saturated rings. The number of hydrogen-bond donors (Lipinski definition) is 0. The predicted octanol–water partition coefficient (Wildman–Crippen LogP) is 5.48. The molecule has 0 aromatic carbocycles. The number of carbonyl (C=O) groups excluding carboxylic acids is 1. The molecule has 1 spiro atoms. The second kappa shape index (κ2) is 6.02. The highest BCUT2D eigenvalue weighted by Gasteiger charge is 2.68. The Morgan fingerprint density at radius 1 is 1.03 bits per heavy atom. The van der Waals surface area contributed by atoms with Crippen LogP contribution in [0.4, 0.5) is 0 Å². The highest BCUT2D eigenvalue weighted by molar-refractivity contribution is 5.95. The van der Waals surface area contributed by atoms with E-state index < -0.39 is 5.60 Å². The first-order chi connectivity index (χ1) is 14.4. The van der Waals surface area contributed by atoms with Crippen molar-refractivity contribution >= 4 is 5.78 Å². The molecule has 5 atom stereocenters. The quantitative estimate of drug-likeness (QED) is 0.519. The molecule has 166 valence electrons. The first-order valence-corrected chi connectivity index (χ1v) is 11.6. The van der Waals surface area contributed by atoms with E-state index >= 15 is 0 Å². The van der Waals surface area contributed by atoms with E-state index in [9.17, 15) is 9.59 Å². The number of aryl methyl sites for hydroxylation is 1. The van der Waals surface area contributed by atoms with Crippen molar-refractivity contribution in [3.05, 3.63) is 51.1 Å². The lowest BCUT2D eigenvalue weighted by Crippen LogP contribution is -2.65. The van der Waals surface area contributed by atoms with Crippen LogP contribution in [-0.4, -0.2) is 11.4 Å². The zero-order valence-corrected chi connectivity index (χ0v) is 19.8. The van der Waals surface area contributed by atoms with Gasteiger partial charge in [0.05, 0.1) is 5.56 Å².